The number of ether oxygens (including phenoxy) is 1. The Morgan fingerprint density at radius 3 is 2.62 bits per heavy atom. The van der Waals surface area contributed by atoms with Crippen molar-refractivity contribution in [3.8, 4) is 5.75 Å². The first-order valence-corrected chi connectivity index (χ1v) is 9.90. The van der Waals surface area contributed by atoms with Crippen molar-refractivity contribution < 1.29 is 9.84 Å². The van der Waals surface area contributed by atoms with Crippen molar-refractivity contribution >= 4 is 0 Å². The first-order valence-electron chi connectivity index (χ1n) is 9.90. The van der Waals surface area contributed by atoms with Gasteiger partial charge >= 0.3 is 0 Å². The third kappa shape index (κ3) is 3.94. The smallest absolute Gasteiger partial charge is 0.120 e. The Bertz CT molecular complexity index is 717. The van der Waals surface area contributed by atoms with Crippen molar-refractivity contribution in [2.75, 3.05) is 13.1 Å². The molecular weight excluding hydrogens is 322 g/mol. The molecule has 2 fully saturated rings. The number of piperidine rings is 1. The van der Waals surface area contributed by atoms with E-state index in [1.807, 2.05) is 24.3 Å². The molecular formula is C23H29NO2. The second-order valence-electron chi connectivity index (χ2n) is 8.01. The van der Waals surface area contributed by atoms with Crippen LogP contribution in [0.3, 0.4) is 0 Å². The molecule has 0 amide bonds. The predicted octanol–water partition coefficient (Wildman–Crippen LogP) is 4.39. The van der Waals surface area contributed by atoms with Gasteiger partial charge in [0.1, 0.15) is 12.4 Å². The van der Waals surface area contributed by atoms with E-state index in [4.69, 9.17) is 4.74 Å². The van der Waals surface area contributed by atoms with Crippen molar-refractivity contribution in [3.63, 3.8) is 0 Å². The lowest BCUT2D eigenvalue weighted by molar-refractivity contribution is -0.0120. The summed E-state index contributed by atoms with van der Waals surface area (Å²) in [4.78, 5) is 2.52. The molecule has 2 aliphatic rings. The molecule has 3 nitrogen and oxygen atoms in total. The number of hydrogen-bond acceptors (Lipinski definition) is 3. The Morgan fingerprint density at radius 1 is 1.00 bits per heavy atom. The van der Waals surface area contributed by atoms with E-state index in [0.717, 1.165) is 31.8 Å². The van der Waals surface area contributed by atoms with Gasteiger partial charge in [-0.1, -0.05) is 48.9 Å². The maximum atomic E-state index is 10.5. The van der Waals surface area contributed by atoms with Crippen LogP contribution in [0.25, 0.3) is 0 Å². The van der Waals surface area contributed by atoms with Crippen LogP contribution in [0.1, 0.15) is 43.2 Å². The molecule has 0 radical (unpaired) electrons. The van der Waals surface area contributed by atoms with Gasteiger partial charge in [0.25, 0.3) is 0 Å². The van der Waals surface area contributed by atoms with Crippen LogP contribution < -0.4 is 4.74 Å². The lowest BCUT2D eigenvalue weighted by Crippen LogP contribution is -2.46. The van der Waals surface area contributed by atoms with Gasteiger partial charge in [0.15, 0.2) is 0 Å². The number of hydrogen-bond donors (Lipinski definition) is 1. The van der Waals surface area contributed by atoms with Gasteiger partial charge in [-0.3, -0.25) is 4.90 Å². The number of rotatable bonds is 5. The van der Waals surface area contributed by atoms with Crippen LogP contribution in [0.4, 0.5) is 0 Å². The van der Waals surface area contributed by atoms with Gasteiger partial charge in [-0.05, 0) is 55.5 Å². The molecule has 1 saturated heterocycles. The van der Waals surface area contributed by atoms with Crippen molar-refractivity contribution in [2.24, 2.45) is 5.41 Å². The molecule has 0 unspecified atom stereocenters. The van der Waals surface area contributed by atoms with Crippen molar-refractivity contribution in [1.29, 1.82) is 0 Å². The zero-order valence-electron chi connectivity index (χ0n) is 15.4. The van der Waals surface area contributed by atoms with Crippen LogP contribution in [0.15, 0.2) is 54.6 Å². The monoisotopic (exact) mass is 351 g/mol. The summed E-state index contributed by atoms with van der Waals surface area (Å²) >= 11 is 0. The first kappa shape index (κ1) is 17.6. The summed E-state index contributed by atoms with van der Waals surface area (Å²) in [6, 6.07) is 18.7. The molecule has 1 aliphatic heterocycles. The Labute approximate surface area is 156 Å². The standard InChI is InChI=1S/C23H29NO2/c25-22-11-5-12-23(22)13-6-14-24(18-23)16-20-9-4-10-21(15-20)26-17-19-7-2-1-3-8-19/h1-4,7-10,15,22,25H,5-6,11-14,16-18H2/t22-,23+/m1/s1. The molecule has 1 saturated carbocycles. The van der Waals surface area contributed by atoms with Crippen LogP contribution in [-0.2, 0) is 13.2 Å². The summed E-state index contributed by atoms with van der Waals surface area (Å²) in [5.74, 6) is 0.930. The van der Waals surface area contributed by atoms with Gasteiger partial charge in [-0.15, -0.1) is 0 Å². The molecule has 2 atom stereocenters. The Balaban J connectivity index is 1.37. The van der Waals surface area contributed by atoms with Crippen LogP contribution in [0, 0.1) is 5.41 Å². The fourth-order valence-corrected chi connectivity index (χ4v) is 4.72. The molecule has 26 heavy (non-hydrogen) atoms. The molecule has 2 aromatic carbocycles. The quantitative estimate of drug-likeness (QED) is 0.867. The maximum absolute atomic E-state index is 10.5. The highest BCUT2D eigenvalue weighted by atomic mass is 16.5. The van der Waals surface area contributed by atoms with E-state index in [1.165, 1.54) is 36.8 Å². The lowest BCUT2D eigenvalue weighted by Gasteiger charge is -2.42. The fourth-order valence-electron chi connectivity index (χ4n) is 4.72. The minimum absolute atomic E-state index is 0.106. The topological polar surface area (TPSA) is 32.7 Å². The summed E-state index contributed by atoms with van der Waals surface area (Å²) in [6.45, 7) is 3.70. The van der Waals surface area contributed by atoms with Crippen LogP contribution >= 0.6 is 0 Å². The van der Waals surface area contributed by atoms with Crippen LogP contribution in [0.2, 0.25) is 0 Å². The molecule has 1 aliphatic carbocycles. The predicted molar refractivity (Wildman–Crippen MR) is 104 cm³/mol. The first-order chi connectivity index (χ1) is 12.7. The molecule has 1 N–H and O–H groups in total. The Morgan fingerprint density at radius 2 is 1.81 bits per heavy atom. The van der Waals surface area contributed by atoms with Gasteiger partial charge in [0, 0.05) is 18.5 Å². The van der Waals surface area contributed by atoms with E-state index >= 15 is 0 Å². The van der Waals surface area contributed by atoms with E-state index < -0.39 is 0 Å². The zero-order chi connectivity index (χ0) is 17.8. The second-order valence-corrected chi connectivity index (χ2v) is 8.01. The summed E-state index contributed by atoms with van der Waals surface area (Å²) < 4.78 is 5.97. The highest BCUT2D eigenvalue weighted by Gasteiger charge is 2.44. The van der Waals surface area contributed by atoms with E-state index in [1.54, 1.807) is 0 Å². The van der Waals surface area contributed by atoms with Gasteiger partial charge in [-0.25, -0.2) is 0 Å². The van der Waals surface area contributed by atoms with Gasteiger partial charge in [0.2, 0.25) is 0 Å². The summed E-state index contributed by atoms with van der Waals surface area (Å²) in [5, 5.41) is 10.5. The van der Waals surface area contributed by atoms with Crippen LogP contribution in [-0.4, -0.2) is 29.2 Å². The highest BCUT2D eigenvalue weighted by molar-refractivity contribution is 5.29. The molecule has 2 aromatic rings. The third-order valence-corrected chi connectivity index (χ3v) is 6.10. The minimum Gasteiger partial charge on any atom is -0.489 e. The average molecular weight is 351 g/mol. The summed E-state index contributed by atoms with van der Waals surface area (Å²) in [5.41, 5.74) is 2.63. The summed E-state index contributed by atoms with van der Waals surface area (Å²) in [6.07, 6.45) is 5.62. The molecule has 0 aromatic heterocycles. The number of aliphatic hydroxyl groups excluding tert-OH is 1. The summed E-state index contributed by atoms with van der Waals surface area (Å²) in [7, 11) is 0. The van der Waals surface area contributed by atoms with Gasteiger partial charge in [-0.2, -0.15) is 0 Å². The van der Waals surface area contributed by atoms with E-state index in [9.17, 15) is 5.11 Å². The molecule has 0 bridgehead atoms. The normalized spacial score (nSPS) is 26.3. The number of benzene rings is 2. The van der Waals surface area contributed by atoms with E-state index in [0.29, 0.717) is 6.61 Å². The van der Waals surface area contributed by atoms with Crippen molar-refractivity contribution in [3.05, 3.63) is 65.7 Å². The molecule has 1 heterocycles. The second kappa shape index (κ2) is 7.81. The van der Waals surface area contributed by atoms with E-state index in [2.05, 4.69) is 35.2 Å². The molecule has 4 rings (SSSR count). The van der Waals surface area contributed by atoms with Gasteiger partial charge < -0.3 is 9.84 Å². The maximum Gasteiger partial charge on any atom is 0.120 e. The number of likely N-dealkylation sites (tertiary alicyclic amines) is 1. The third-order valence-electron chi connectivity index (χ3n) is 6.10. The fraction of sp³-hybridized carbons (Fsp3) is 0.478. The minimum atomic E-state index is -0.106. The molecule has 1 spiro atoms. The number of aliphatic hydroxyl groups is 1. The van der Waals surface area contributed by atoms with Gasteiger partial charge in [0.05, 0.1) is 6.10 Å². The largest absolute Gasteiger partial charge is 0.489 e. The van der Waals surface area contributed by atoms with Crippen LogP contribution in [0.5, 0.6) is 5.75 Å². The highest BCUT2D eigenvalue weighted by Crippen LogP contribution is 2.45. The van der Waals surface area contributed by atoms with Crippen molar-refractivity contribution in [1.82, 2.24) is 4.90 Å². The SMILES string of the molecule is O[C@@H]1CCC[C@@]12CCCN(Cc1cccc(OCc3ccccc3)c1)C2. The van der Waals surface area contributed by atoms with Crippen molar-refractivity contribution in [2.45, 2.75) is 51.4 Å². The number of nitrogens with zero attached hydrogens (tertiary/aromatic N) is 1. The zero-order valence-corrected chi connectivity index (χ0v) is 15.4. The lowest BCUT2D eigenvalue weighted by atomic mass is 9.76. The Hall–Kier alpha value is -1.84. The average Bonchev–Trinajstić information content (AvgIpc) is 3.01. The van der Waals surface area contributed by atoms with E-state index in [-0.39, 0.29) is 11.5 Å². The Kier molecular flexibility index (Phi) is 5.28. The molecule has 3 heteroatoms. The molecule has 138 valence electrons.